The van der Waals surface area contributed by atoms with E-state index in [4.69, 9.17) is 9.47 Å². The lowest BCUT2D eigenvalue weighted by Gasteiger charge is -2.25. The van der Waals surface area contributed by atoms with E-state index in [1.165, 1.54) is 0 Å². The molecule has 3 heterocycles. The van der Waals surface area contributed by atoms with Gasteiger partial charge in [0, 0.05) is 36.2 Å². The number of hydrogen-bond acceptors (Lipinski definition) is 8. The van der Waals surface area contributed by atoms with Gasteiger partial charge in [-0.1, -0.05) is 72.8 Å². The fourth-order valence-corrected chi connectivity index (χ4v) is 9.11. The molecule has 2 aromatic heterocycles. The molecular formula is C46H44N8O6S. The van der Waals surface area contributed by atoms with E-state index in [0.29, 0.717) is 36.0 Å². The first-order valence-electron chi connectivity index (χ1n) is 19.6. The zero-order chi connectivity index (χ0) is 42.3. The van der Waals surface area contributed by atoms with Crippen molar-refractivity contribution in [3.63, 3.8) is 0 Å². The van der Waals surface area contributed by atoms with E-state index in [1.807, 2.05) is 131 Å². The Morgan fingerprint density at radius 1 is 0.557 bits per heavy atom. The number of anilines is 2. The highest BCUT2D eigenvalue weighted by molar-refractivity contribution is 7.94. The molecule has 1 aliphatic rings. The van der Waals surface area contributed by atoms with E-state index in [0.717, 1.165) is 31.1 Å². The fraction of sp³-hybridized carbons (Fsp3) is 0.174. The van der Waals surface area contributed by atoms with E-state index >= 15 is 0 Å². The summed E-state index contributed by atoms with van der Waals surface area (Å²) in [5.41, 5.74) is 4.07. The van der Waals surface area contributed by atoms with Crippen molar-refractivity contribution >= 4 is 33.4 Å². The van der Waals surface area contributed by atoms with Crippen LogP contribution in [0.1, 0.15) is 34.9 Å². The number of nitrogens with zero attached hydrogens (tertiary/aromatic N) is 6. The molecule has 0 unspecified atom stereocenters. The third kappa shape index (κ3) is 8.82. The molecule has 61 heavy (non-hydrogen) atoms. The second-order valence-electron chi connectivity index (χ2n) is 14.3. The average molecular weight is 837 g/mol. The van der Waals surface area contributed by atoms with E-state index < -0.39 is 47.2 Å². The molecule has 0 saturated heterocycles. The molecule has 8 rings (SSSR count). The highest BCUT2D eigenvalue weighted by Gasteiger charge is 2.42. The van der Waals surface area contributed by atoms with Crippen molar-refractivity contribution in [2.75, 3.05) is 35.9 Å². The minimum Gasteiger partial charge on any atom is -0.497 e. The number of carbonyl (C=O) groups excluding carboxylic acids is 2. The van der Waals surface area contributed by atoms with Gasteiger partial charge in [-0.3, -0.25) is 9.59 Å². The Balaban J connectivity index is 1.03. The predicted molar refractivity (Wildman–Crippen MR) is 232 cm³/mol. The van der Waals surface area contributed by atoms with Crippen LogP contribution in [0.3, 0.4) is 0 Å². The molecule has 7 aromatic rings. The Hall–Kier alpha value is -7.39. The van der Waals surface area contributed by atoms with Crippen LogP contribution in [0.4, 0.5) is 11.4 Å². The van der Waals surface area contributed by atoms with Crippen molar-refractivity contribution in [2.24, 2.45) is 0 Å². The Morgan fingerprint density at radius 3 is 1.31 bits per heavy atom. The van der Waals surface area contributed by atoms with Crippen molar-refractivity contribution < 1.29 is 27.5 Å². The van der Waals surface area contributed by atoms with Crippen molar-refractivity contribution in [3.05, 3.63) is 181 Å². The molecular weight excluding hydrogens is 793 g/mol. The lowest BCUT2D eigenvalue weighted by Crippen LogP contribution is -2.47. The maximum Gasteiger partial charge on any atom is 0.327 e. The van der Waals surface area contributed by atoms with Gasteiger partial charge in [-0.2, -0.15) is 8.42 Å². The first kappa shape index (κ1) is 40.4. The summed E-state index contributed by atoms with van der Waals surface area (Å²) in [6, 6.07) is 39.6. The Kier molecular flexibility index (Phi) is 11.8. The molecule has 15 heteroatoms. The van der Waals surface area contributed by atoms with Crippen LogP contribution in [-0.4, -0.2) is 66.6 Å². The summed E-state index contributed by atoms with van der Waals surface area (Å²) in [5.74, 6) is 1.40. The third-order valence-electron chi connectivity index (χ3n) is 10.4. The summed E-state index contributed by atoms with van der Waals surface area (Å²) in [7, 11) is -1.21. The number of benzene rings is 5. The zero-order valence-corrected chi connectivity index (χ0v) is 34.4. The van der Waals surface area contributed by atoms with Gasteiger partial charge >= 0.3 is 10.2 Å². The number of ether oxygens (including phenoxy) is 2. The van der Waals surface area contributed by atoms with Crippen molar-refractivity contribution in [1.29, 1.82) is 0 Å². The predicted octanol–water partition coefficient (Wildman–Crippen LogP) is 6.15. The number of methoxy groups -OCH3 is 2. The summed E-state index contributed by atoms with van der Waals surface area (Å²) in [6.45, 7) is -1.08. The molecule has 0 bridgehead atoms. The minimum absolute atomic E-state index is 0.278. The molecule has 2 atom stereocenters. The molecule has 0 spiro atoms. The lowest BCUT2D eigenvalue weighted by atomic mass is 10.0. The van der Waals surface area contributed by atoms with Gasteiger partial charge in [0.15, 0.2) is 0 Å². The van der Waals surface area contributed by atoms with Crippen LogP contribution < -0.4 is 28.7 Å². The number of para-hydroxylation sites is 2. The van der Waals surface area contributed by atoms with Crippen LogP contribution in [0, 0.1) is 0 Å². The third-order valence-corrected chi connectivity index (χ3v) is 12.2. The Labute approximate surface area is 354 Å². The normalized spacial score (nSPS) is 13.9. The minimum atomic E-state index is -4.41. The number of aromatic nitrogens is 4. The average Bonchev–Trinajstić information content (AvgIpc) is 4.03. The number of fused-ring (bicyclic) bond motifs is 1. The van der Waals surface area contributed by atoms with Crippen LogP contribution in [0.2, 0.25) is 0 Å². The number of rotatable bonds is 16. The maximum atomic E-state index is 14.5. The van der Waals surface area contributed by atoms with E-state index in [2.05, 4.69) is 20.6 Å². The van der Waals surface area contributed by atoms with Gasteiger partial charge in [-0.15, -0.1) is 0 Å². The molecule has 0 radical (unpaired) electrons. The zero-order valence-electron chi connectivity index (χ0n) is 33.5. The van der Waals surface area contributed by atoms with Crippen molar-refractivity contribution in [3.8, 4) is 22.9 Å². The van der Waals surface area contributed by atoms with E-state index in [9.17, 15) is 18.0 Å². The van der Waals surface area contributed by atoms with Crippen LogP contribution in [0.25, 0.3) is 11.4 Å². The highest BCUT2D eigenvalue weighted by atomic mass is 32.2. The number of imidazole rings is 2. The Morgan fingerprint density at radius 2 is 0.934 bits per heavy atom. The van der Waals surface area contributed by atoms with Gasteiger partial charge in [0.2, 0.25) is 11.8 Å². The summed E-state index contributed by atoms with van der Waals surface area (Å²) in [6.07, 6.45) is 7.70. The van der Waals surface area contributed by atoms with E-state index in [-0.39, 0.29) is 11.4 Å². The molecule has 310 valence electrons. The lowest BCUT2D eigenvalue weighted by molar-refractivity contribution is -0.121. The molecule has 2 N–H and O–H groups in total. The van der Waals surface area contributed by atoms with Gasteiger partial charge in [0.05, 0.1) is 37.7 Å². The van der Waals surface area contributed by atoms with Crippen molar-refractivity contribution in [1.82, 2.24) is 29.7 Å². The largest absolute Gasteiger partial charge is 0.497 e. The van der Waals surface area contributed by atoms with Crippen LogP contribution in [0.5, 0.6) is 11.5 Å². The van der Waals surface area contributed by atoms with Crippen LogP contribution in [-0.2, 0) is 32.6 Å². The summed E-state index contributed by atoms with van der Waals surface area (Å²) < 4.78 is 45.4. The fourth-order valence-electron chi connectivity index (χ4n) is 7.51. The monoisotopic (exact) mass is 836 g/mol. The number of amides is 2. The number of hydrogen-bond donors (Lipinski definition) is 2. The van der Waals surface area contributed by atoms with Crippen LogP contribution >= 0.6 is 0 Å². The smallest absolute Gasteiger partial charge is 0.327 e. The summed E-state index contributed by atoms with van der Waals surface area (Å²) in [4.78, 5) is 37.5. The molecule has 1 aliphatic heterocycles. The van der Waals surface area contributed by atoms with Gasteiger partial charge in [-0.25, -0.2) is 18.6 Å². The van der Waals surface area contributed by atoms with Crippen LogP contribution in [0.15, 0.2) is 158 Å². The van der Waals surface area contributed by atoms with Gasteiger partial charge in [0.25, 0.3) is 0 Å². The second kappa shape index (κ2) is 17.8. The van der Waals surface area contributed by atoms with Gasteiger partial charge < -0.3 is 29.2 Å². The molecule has 5 aromatic carbocycles. The first-order chi connectivity index (χ1) is 29.7. The maximum absolute atomic E-state index is 14.5. The molecule has 0 saturated carbocycles. The number of nitrogens with one attached hydrogen (secondary N) is 2. The standard InChI is InChI=1S/C46H44N8O6S/c1-59-37-21-17-35(18-22-37)51-27-25-47-45(51)39(29-33-11-5-3-6-12-33)49-43(55)31-53-41-15-9-10-16-42(41)54(61(53,57)58)32-44(56)50-40(30-34-13-7-4-8-14-34)46-48-26-28-52(46)36-19-23-38(60-2)24-20-36/h3-28,39-40H,29-32H2,1-2H3,(H,49,55)(H,50,56)/t39-,40-/m0/s1. The first-order valence-corrected chi connectivity index (χ1v) is 21.0. The topological polar surface area (TPSA) is 153 Å². The molecule has 0 fully saturated rings. The SMILES string of the molecule is COc1ccc(-n2ccnc2[C@H](Cc2ccccc2)NC(=O)CN2c3ccccc3N(CC(=O)N[C@@H](Cc3ccccc3)c3nccn3-c3ccc(OC)cc3)S2(=O)=O)cc1. The Bertz CT molecular complexity index is 2530. The van der Waals surface area contributed by atoms with Gasteiger partial charge in [-0.05, 0) is 84.6 Å². The summed E-state index contributed by atoms with van der Waals surface area (Å²) in [5, 5.41) is 6.15. The van der Waals surface area contributed by atoms with Crippen molar-refractivity contribution in [2.45, 2.75) is 24.9 Å². The number of carbonyl (C=O) groups is 2. The molecule has 2 amide bonds. The quantitative estimate of drug-likeness (QED) is 0.118. The molecule has 0 aliphatic carbocycles. The second-order valence-corrected chi connectivity index (χ2v) is 16.1. The van der Waals surface area contributed by atoms with Gasteiger partial charge in [0.1, 0.15) is 36.2 Å². The molecule has 14 nitrogen and oxygen atoms in total. The summed E-state index contributed by atoms with van der Waals surface area (Å²) >= 11 is 0. The highest BCUT2D eigenvalue weighted by Crippen LogP contribution is 2.40. The van der Waals surface area contributed by atoms with E-state index in [1.54, 1.807) is 50.9 Å².